The van der Waals surface area contributed by atoms with E-state index in [1.165, 1.54) is 10.8 Å². The van der Waals surface area contributed by atoms with Crippen molar-refractivity contribution in [2.45, 2.75) is 33.1 Å². The van der Waals surface area contributed by atoms with E-state index in [1.807, 2.05) is 20.8 Å². The highest BCUT2D eigenvalue weighted by Gasteiger charge is 2.25. The predicted molar refractivity (Wildman–Crippen MR) is 65.4 cm³/mol. The highest BCUT2D eigenvalue weighted by atomic mass is 16.4. The molecule has 1 atom stereocenters. The fourth-order valence-electron chi connectivity index (χ4n) is 2.03. The van der Waals surface area contributed by atoms with Crippen LogP contribution in [0.3, 0.4) is 0 Å². The minimum absolute atomic E-state index is 0.290. The number of carboxylic acid groups (broad SMARTS) is 1. The molecule has 0 radical (unpaired) electrons. The molecule has 2 aromatic rings. The smallest absolute Gasteiger partial charge is 0.312 e. The molecule has 0 saturated heterocycles. The average Bonchev–Trinajstić information content (AvgIpc) is 2.71. The maximum Gasteiger partial charge on any atom is 0.312 e. The van der Waals surface area contributed by atoms with Gasteiger partial charge < -0.3 is 5.11 Å². The molecule has 0 spiro atoms. The first-order chi connectivity index (χ1) is 8.49. The Balaban J connectivity index is 2.55. The second kappa shape index (κ2) is 4.72. The molecular weight excluding hydrogens is 232 g/mol. The quantitative estimate of drug-likeness (QED) is 0.889. The Morgan fingerprint density at radius 3 is 2.83 bits per heavy atom. The van der Waals surface area contributed by atoms with E-state index >= 15 is 0 Å². The van der Waals surface area contributed by atoms with Gasteiger partial charge in [-0.15, -0.1) is 0 Å². The summed E-state index contributed by atoms with van der Waals surface area (Å²) in [4.78, 5) is 19.7. The summed E-state index contributed by atoms with van der Waals surface area (Å²) in [6, 6.07) is 1.77. The van der Waals surface area contributed by atoms with Crippen LogP contribution in [0.1, 0.15) is 37.6 Å². The Morgan fingerprint density at radius 2 is 2.22 bits per heavy atom. The zero-order valence-corrected chi connectivity index (χ0v) is 10.7. The number of aliphatic carboxylic acids is 1. The molecule has 0 aliphatic carbocycles. The molecule has 0 aliphatic heterocycles. The van der Waals surface area contributed by atoms with Gasteiger partial charge in [-0.05, 0) is 25.3 Å². The SMILES string of the molecule is Cc1cc(C(CC(C)C)C(=O)O)n2ncnc2n1. The summed E-state index contributed by atoms with van der Waals surface area (Å²) in [5.74, 6) is -0.694. The molecule has 0 saturated carbocycles. The number of hydrogen-bond acceptors (Lipinski definition) is 4. The molecule has 2 heterocycles. The summed E-state index contributed by atoms with van der Waals surface area (Å²) in [6.07, 6.45) is 1.95. The van der Waals surface area contributed by atoms with Crippen molar-refractivity contribution in [2.75, 3.05) is 0 Å². The van der Waals surface area contributed by atoms with Crippen molar-refractivity contribution < 1.29 is 9.90 Å². The van der Waals surface area contributed by atoms with Crippen molar-refractivity contribution in [3.05, 3.63) is 23.8 Å². The molecule has 2 rings (SSSR count). The Hall–Kier alpha value is -1.98. The number of aromatic nitrogens is 4. The van der Waals surface area contributed by atoms with Gasteiger partial charge in [0.2, 0.25) is 0 Å². The summed E-state index contributed by atoms with van der Waals surface area (Å²) < 4.78 is 1.51. The predicted octanol–water partition coefficient (Wildman–Crippen LogP) is 1.65. The van der Waals surface area contributed by atoms with Gasteiger partial charge in [0.05, 0.1) is 11.6 Å². The van der Waals surface area contributed by atoms with Crippen LogP contribution in [0.5, 0.6) is 0 Å². The third kappa shape index (κ3) is 2.32. The number of fused-ring (bicyclic) bond motifs is 1. The molecule has 6 nitrogen and oxygen atoms in total. The van der Waals surface area contributed by atoms with Crippen LogP contribution in [-0.4, -0.2) is 30.7 Å². The fraction of sp³-hybridized carbons (Fsp3) is 0.500. The van der Waals surface area contributed by atoms with Crippen LogP contribution in [0.15, 0.2) is 12.4 Å². The lowest BCUT2D eigenvalue weighted by Crippen LogP contribution is -2.18. The Labute approximate surface area is 105 Å². The molecule has 0 aromatic carbocycles. The molecule has 6 heteroatoms. The Kier molecular flexibility index (Phi) is 3.27. The summed E-state index contributed by atoms with van der Waals surface area (Å²) in [7, 11) is 0. The zero-order chi connectivity index (χ0) is 13.3. The molecule has 2 aromatic heterocycles. The summed E-state index contributed by atoms with van der Waals surface area (Å²) in [6.45, 7) is 5.83. The number of aryl methyl sites for hydroxylation is 1. The van der Waals surface area contributed by atoms with E-state index in [1.54, 1.807) is 6.07 Å². The van der Waals surface area contributed by atoms with Crippen molar-refractivity contribution >= 4 is 11.7 Å². The van der Waals surface area contributed by atoms with Crippen LogP contribution in [0, 0.1) is 12.8 Å². The largest absolute Gasteiger partial charge is 0.481 e. The zero-order valence-electron chi connectivity index (χ0n) is 10.7. The average molecular weight is 248 g/mol. The number of rotatable bonds is 4. The van der Waals surface area contributed by atoms with Gasteiger partial charge in [0, 0.05) is 5.69 Å². The molecular formula is C12H16N4O2. The van der Waals surface area contributed by atoms with Gasteiger partial charge in [0.25, 0.3) is 5.78 Å². The van der Waals surface area contributed by atoms with E-state index in [4.69, 9.17) is 0 Å². The molecule has 1 unspecified atom stereocenters. The lowest BCUT2D eigenvalue weighted by Gasteiger charge is -2.16. The second-order valence-electron chi connectivity index (χ2n) is 4.81. The van der Waals surface area contributed by atoms with Crippen LogP contribution in [0.25, 0.3) is 5.78 Å². The van der Waals surface area contributed by atoms with Crippen LogP contribution >= 0.6 is 0 Å². The topological polar surface area (TPSA) is 80.4 Å². The number of hydrogen-bond donors (Lipinski definition) is 1. The van der Waals surface area contributed by atoms with Gasteiger partial charge in [0.15, 0.2) is 0 Å². The van der Waals surface area contributed by atoms with E-state index in [9.17, 15) is 9.90 Å². The molecule has 18 heavy (non-hydrogen) atoms. The molecule has 1 N–H and O–H groups in total. The van der Waals surface area contributed by atoms with Crippen molar-refractivity contribution in [1.82, 2.24) is 19.6 Å². The third-order valence-electron chi connectivity index (χ3n) is 2.77. The monoisotopic (exact) mass is 248 g/mol. The summed E-state index contributed by atoms with van der Waals surface area (Å²) in [5.41, 5.74) is 1.39. The van der Waals surface area contributed by atoms with Gasteiger partial charge in [-0.25, -0.2) is 9.50 Å². The van der Waals surface area contributed by atoms with Crippen molar-refractivity contribution in [3.8, 4) is 0 Å². The molecule has 0 aliphatic rings. The lowest BCUT2D eigenvalue weighted by molar-refractivity contribution is -0.139. The van der Waals surface area contributed by atoms with E-state index in [-0.39, 0.29) is 5.92 Å². The fourth-order valence-corrected chi connectivity index (χ4v) is 2.03. The third-order valence-corrected chi connectivity index (χ3v) is 2.77. The highest BCUT2D eigenvalue weighted by Crippen LogP contribution is 2.24. The van der Waals surface area contributed by atoms with Gasteiger partial charge in [0.1, 0.15) is 6.33 Å². The maximum absolute atomic E-state index is 11.4. The summed E-state index contributed by atoms with van der Waals surface area (Å²) in [5, 5.41) is 13.4. The lowest BCUT2D eigenvalue weighted by atomic mass is 9.93. The Bertz CT molecular complexity index is 576. The minimum atomic E-state index is -0.842. The van der Waals surface area contributed by atoms with Crippen molar-refractivity contribution in [2.24, 2.45) is 5.92 Å². The van der Waals surface area contributed by atoms with Gasteiger partial charge in [-0.1, -0.05) is 13.8 Å². The van der Waals surface area contributed by atoms with Crippen molar-refractivity contribution in [3.63, 3.8) is 0 Å². The van der Waals surface area contributed by atoms with E-state index < -0.39 is 11.9 Å². The summed E-state index contributed by atoms with van der Waals surface area (Å²) >= 11 is 0. The molecule has 0 bridgehead atoms. The normalized spacial score (nSPS) is 13.1. The Morgan fingerprint density at radius 1 is 1.50 bits per heavy atom. The van der Waals surface area contributed by atoms with E-state index in [0.29, 0.717) is 17.9 Å². The van der Waals surface area contributed by atoms with Crippen LogP contribution < -0.4 is 0 Å². The van der Waals surface area contributed by atoms with Gasteiger partial charge >= 0.3 is 5.97 Å². The van der Waals surface area contributed by atoms with Gasteiger partial charge in [-0.3, -0.25) is 4.79 Å². The van der Waals surface area contributed by atoms with Crippen LogP contribution in [0.2, 0.25) is 0 Å². The second-order valence-corrected chi connectivity index (χ2v) is 4.81. The number of nitrogens with zero attached hydrogens (tertiary/aromatic N) is 4. The minimum Gasteiger partial charge on any atom is -0.481 e. The molecule has 0 amide bonds. The highest BCUT2D eigenvalue weighted by molar-refractivity contribution is 5.75. The molecule has 96 valence electrons. The van der Waals surface area contributed by atoms with Crippen molar-refractivity contribution in [1.29, 1.82) is 0 Å². The number of carboxylic acids is 1. The van der Waals surface area contributed by atoms with Crippen LogP contribution in [-0.2, 0) is 4.79 Å². The first kappa shape index (κ1) is 12.5. The first-order valence-electron chi connectivity index (χ1n) is 5.89. The van der Waals surface area contributed by atoms with E-state index in [2.05, 4.69) is 15.1 Å². The maximum atomic E-state index is 11.4. The van der Waals surface area contributed by atoms with Crippen LogP contribution in [0.4, 0.5) is 0 Å². The standard InChI is InChI=1S/C12H16N4O2/c1-7(2)4-9(11(17)18)10-5-8(3)15-12-13-6-14-16(10)12/h5-7,9H,4H2,1-3H3,(H,17,18). The van der Waals surface area contributed by atoms with Gasteiger partial charge in [-0.2, -0.15) is 10.1 Å². The molecule has 0 fully saturated rings. The first-order valence-corrected chi connectivity index (χ1v) is 5.89. The number of carbonyl (C=O) groups is 1. The van der Waals surface area contributed by atoms with E-state index in [0.717, 1.165) is 5.69 Å².